The lowest BCUT2D eigenvalue weighted by Gasteiger charge is -2.63. The number of fused-ring (bicyclic) bond motifs is 3. The van der Waals surface area contributed by atoms with Gasteiger partial charge in [-0.15, -0.1) is 0 Å². The second kappa shape index (κ2) is 10.9. The molecule has 0 aromatic carbocycles. The minimum absolute atomic E-state index is 0.116. The summed E-state index contributed by atoms with van der Waals surface area (Å²) in [5.74, 6) is 2.00. The van der Waals surface area contributed by atoms with Gasteiger partial charge in [0.1, 0.15) is 6.10 Å². The van der Waals surface area contributed by atoms with Crippen molar-refractivity contribution in [1.82, 2.24) is 0 Å². The molecule has 4 aliphatic rings. The monoisotopic (exact) mass is 506 g/mol. The smallest absolute Gasteiger partial charge is 0.309 e. The van der Waals surface area contributed by atoms with Crippen molar-refractivity contribution >= 4 is 11.9 Å². The van der Waals surface area contributed by atoms with E-state index in [2.05, 4.69) is 34.6 Å². The standard InChI is InChI=1S/C30H50O6/c1-6-23(18(2)7-8-26(33)36-22-11-14-35-27(34)17-22)29(4)13-10-24-28(19(29)3)25(32)16-20-15-21(31)9-12-30(20,24)5/h18-25,28,31-32H,6-17H2,1-5H3. The van der Waals surface area contributed by atoms with E-state index in [1.807, 2.05) is 0 Å². The number of carbonyl (C=O) groups is 2. The Balaban J connectivity index is 1.40. The fourth-order valence-corrected chi connectivity index (χ4v) is 9.33. The van der Waals surface area contributed by atoms with Crippen molar-refractivity contribution in [3.05, 3.63) is 0 Å². The number of carbonyl (C=O) groups excluding carboxylic acids is 2. The lowest BCUT2D eigenvalue weighted by molar-refractivity contribution is -0.182. The van der Waals surface area contributed by atoms with Gasteiger partial charge in [-0.05, 0) is 91.3 Å². The number of aliphatic hydroxyl groups is 2. The number of cyclic esters (lactones) is 1. The maximum absolute atomic E-state index is 12.6. The molecule has 0 aromatic rings. The van der Waals surface area contributed by atoms with Gasteiger partial charge in [-0.3, -0.25) is 9.59 Å². The minimum Gasteiger partial charge on any atom is -0.465 e. The Morgan fingerprint density at radius 3 is 2.61 bits per heavy atom. The Morgan fingerprint density at radius 2 is 1.92 bits per heavy atom. The van der Waals surface area contributed by atoms with Gasteiger partial charge in [0.25, 0.3) is 0 Å². The third-order valence-corrected chi connectivity index (χ3v) is 11.6. The molecule has 206 valence electrons. The molecule has 0 radical (unpaired) electrons. The van der Waals surface area contributed by atoms with Crippen molar-refractivity contribution in [2.75, 3.05) is 6.61 Å². The Kier molecular flexibility index (Phi) is 8.46. The average molecular weight is 507 g/mol. The minimum atomic E-state index is -0.345. The lowest BCUT2D eigenvalue weighted by atomic mass is 9.42. The van der Waals surface area contributed by atoms with E-state index in [1.165, 1.54) is 0 Å². The van der Waals surface area contributed by atoms with Crippen LogP contribution in [-0.2, 0) is 19.1 Å². The summed E-state index contributed by atoms with van der Waals surface area (Å²) in [4.78, 5) is 24.0. The van der Waals surface area contributed by atoms with E-state index in [1.54, 1.807) is 0 Å². The van der Waals surface area contributed by atoms with Crippen molar-refractivity contribution in [3.63, 3.8) is 0 Å². The van der Waals surface area contributed by atoms with Crippen molar-refractivity contribution in [1.29, 1.82) is 0 Å². The molecule has 4 rings (SSSR count). The van der Waals surface area contributed by atoms with E-state index in [0.717, 1.165) is 51.4 Å². The van der Waals surface area contributed by atoms with Crippen LogP contribution < -0.4 is 0 Å². The molecular weight excluding hydrogens is 456 g/mol. The first-order valence-electron chi connectivity index (χ1n) is 14.7. The van der Waals surface area contributed by atoms with Crippen LogP contribution in [0.4, 0.5) is 0 Å². The highest BCUT2D eigenvalue weighted by Crippen LogP contribution is 2.65. The average Bonchev–Trinajstić information content (AvgIpc) is 2.82. The first-order chi connectivity index (χ1) is 17.0. The maximum Gasteiger partial charge on any atom is 0.309 e. The van der Waals surface area contributed by atoms with E-state index in [-0.39, 0.29) is 47.5 Å². The maximum atomic E-state index is 12.6. The van der Waals surface area contributed by atoms with Gasteiger partial charge in [0.05, 0.1) is 25.2 Å². The Labute approximate surface area is 217 Å². The van der Waals surface area contributed by atoms with E-state index in [9.17, 15) is 19.8 Å². The summed E-state index contributed by atoms with van der Waals surface area (Å²) >= 11 is 0. The third-order valence-electron chi connectivity index (χ3n) is 11.6. The predicted molar refractivity (Wildman–Crippen MR) is 138 cm³/mol. The highest BCUT2D eigenvalue weighted by Gasteiger charge is 2.60. The van der Waals surface area contributed by atoms with Gasteiger partial charge >= 0.3 is 11.9 Å². The lowest BCUT2D eigenvalue weighted by Crippen LogP contribution is -2.59. The zero-order chi connectivity index (χ0) is 26.3. The Hall–Kier alpha value is -1.14. The van der Waals surface area contributed by atoms with Gasteiger partial charge in [0.2, 0.25) is 0 Å². The van der Waals surface area contributed by atoms with E-state index in [0.29, 0.717) is 55.0 Å². The molecule has 4 fully saturated rings. The molecule has 1 heterocycles. The van der Waals surface area contributed by atoms with Crippen LogP contribution in [0.5, 0.6) is 0 Å². The van der Waals surface area contributed by atoms with Crippen molar-refractivity contribution < 1.29 is 29.3 Å². The van der Waals surface area contributed by atoms with Gasteiger partial charge < -0.3 is 19.7 Å². The van der Waals surface area contributed by atoms with Crippen molar-refractivity contribution in [2.45, 2.75) is 124 Å². The number of ether oxygens (including phenoxy) is 2. The predicted octanol–water partition coefficient (Wildman–Crippen LogP) is 5.28. The van der Waals surface area contributed by atoms with Gasteiger partial charge in [0, 0.05) is 12.8 Å². The largest absolute Gasteiger partial charge is 0.465 e. The van der Waals surface area contributed by atoms with Crippen molar-refractivity contribution in [3.8, 4) is 0 Å². The molecular formula is C30H50O6. The SMILES string of the molecule is CCC(C(C)CCC(=O)OC1CCOC(=O)C1)C1(C)CCC2C(C(O)CC3CC(O)CCC32C)C1C. The van der Waals surface area contributed by atoms with Crippen LogP contribution in [0.3, 0.4) is 0 Å². The highest BCUT2D eigenvalue weighted by atomic mass is 16.6. The second-order valence-corrected chi connectivity index (χ2v) is 13.3. The number of hydrogen-bond acceptors (Lipinski definition) is 6. The highest BCUT2D eigenvalue weighted by molar-refractivity contribution is 5.73. The van der Waals surface area contributed by atoms with Gasteiger partial charge in [-0.25, -0.2) is 0 Å². The molecule has 3 aliphatic carbocycles. The molecule has 6 nitrogen and oxygen atoms in total. The molecule has 2 N–H and O–H groups in total. The summed E-state index contributed by atoms with van der Waals surface area (Å²) < 4.78 is 10.5. The van der Waals surface area contributed by atoms with Gasteiger partial charge in [-0.2, -0.15) is 0 Å². The fraction of sp³-hybridized carbons (Fsp3) is 0.933. The van der Waals surface area contributed by atoms with Gasteiger partial charge in [0.15, 0.2) is 0 Å². The molecule has 11 unspecified atom stereocenters. The molecule has 0 amide bonds. The van der Waals surface area contributed by atoms with Crippen LogP contribution in [-0.4, -0.2) is 47.1 Å². The summed E-state index contributed by atoms with van der Waals surface area (Å²) in [6.07, 6.45) is 8.07. The molecule has 1 aliphatic heterocycles. The molecule has 3 saturated carbocycles. The van der Waals surface area contributed by atoms with Crippen LogP contribution in [0.1, 0.15) is 105 Å². The van der Waals surface area contributed by atoms with E-state index >= 15 is 0 Å². The molecule has 0 aromatic heterocycles. The Bertz CT molecular complexity index is 798. The topological polar surface area (TPSA) is 93.1 Å². The van der Waals surface area contributed by atoms with Crippen LogP contribution in [0.15, 0.2) is 0 Å². The normalized spacial score (nSPS) is 44.5. The molecule has 0 spiro atoms. The van der Waals surface area contributed by atoms with Crippen LogP contribution in [0.2, 0.25) is 0 Å². The summed E-state index contributed by atoms with van der Waals surface area (Å²) in [6, 6.07) is 0. The Morgan fingerprint density at radius 1 is 1.17 bits per heavy atom. The molecule has 11 atom stereocenters. The summed E-state index contributed by atoms with van der Waals surface area (Å²) in [6.45, 7) is 12.1. The number of aliphatic hydroxyl groups excluding tert-OH is 2. The van der Waals surface area contributed by atoms with Crippen molar-refractivity contribution in [2.24, 2.45) is 46.3 Å². The summed E-state index contributed by atoms with van der Waals surface area (Å²) in [7, 11) is 0. The molecule has 36 heavy (non-hydrogen) atoms. The molecule has 6 heteroatoms. The van der Waals surface area contributed by atoms with Crippen LogP contribution in [0.25, 0.3) is 0 Å². The second-order valence-electron chi connectivity index (χ2n) is 13.3. The van der Waals surface area contributed by atoms with Crippen LogP contribution >= 0.6 is 0 Å². The van der Waals surface area contributed by atoms with E-state index in [4.69, 9.17) is 9.47 Å². The zero-order valence-corrected chi connectivity index (χ0v) is 23.2. The molecule has 0 bridgehead atoms. The van der Waals surface area contributed by atoms with E-state index < -0.39 is 0 Å². The quantitative estimate of drug-likeness (QED) is 0.457. The fourth-order valence-electron chi connectivity index (χ4n) is 9.33. The zero-order valence-electron chi connectivity index (χ0n) is 23.2. The van der Waals surface area contributed by atoms with Crippen LogP contribution in [0, 0.1) is 46.3 Å². The summed E-state index contributed by atoms with van der Waals surface area (Å²) in [5, 5.41) is 21.7. The number of rotatable bonds is 7. The first-order valence-corrected chi connectivity index (χ1v) is 14.7. The third kappa shape index (κ3) is 5.23. The summed E-state index contributed by atoms with van der Waals surface area (Å²) in [5.41, 5.74) is 0.339. The first kappa shape index (κ1) is 27.9. The molecule has 1 saturated heterocycles. The number of hydrogen-bond donors (Lipinski definition) is 2. The van der Waals surface area contributed by atoms with Gasteiger partial charge in [-0.1, -0.05) is 41.0 Å². The number of esters is 2.